The molecule has 0 saturated carbocycles. The number of thiocarbonyl (C=S) groups is 1. The Morgan fingerprint density at radius 3 is 2.52 bits per heavy atom. The van der Waals surface area contributed by atoms with Crippen molar-refractivity contribution >= 4 is 29.1 Å². The highest BCUT2D eigenvalue weighted by atomic mass is 32.2. The van der Waals surface area contributed by atoms with E-state index in [1.54, 1.807) is 11.8 Å². The molecule has 116 valence electrons. The zero-order valence-corrected chi connectivity index (χ0v) is 14.0. The largest absolute Gasteiger partial charge is 0.366 e. The molecule has 1 aliphatic heterocycles. The lowest BCUT2D eigenvalue weighted by Crippen LogP contribution is -2.51. The second kappa shape index (κ2) is 8.56. The lowest BCUT2D eigenvalue weighted by atomic mass is 10.3. The molecule has 21 heavy (non-hydrogen) atoms. The number of hydrogen-bond donors (Lipinski definition) is 1. The van der Waals surface area contributed by atoms with Crippen LogP contribution in [0.2, 0.25) is 0 Å². The molecule has 1 fully saturated rings. The number of thioether (sulfide) groups is 1. The van der Waals surface area contributed by atoms with E-state index < -0.39 is 0 Å². The van der Waals surface area contributed by atoms with Crippen molar-refractivity contribution in [3.63, 3.8) is 0 Å². The van der Waals surface area contributed by atoms with Crippen molar-refractivity contribution in [1.29, 1.82) is 0 Å². The van der Waals surface area contributed by atoms with Crippen LogP contribution in [0.3, 0.4) is 0 Å². The minimum atomic E-state index is -0.170. The van der Waals surface area contributed by atoms with Crippen molar-refractivity contribution in [3.05, 3.63) is 30.1 Å². The fourth-order valence-electron chi connectivity index (χ4n) is 2.34. The van der Waals surface area contributed by atoms with Crippen LogP contribution >= 0.6 is 24.0 Å². The third-order valence-corrected chi connectivity index (χ3v) is 5.14. The molecule has 0 aromatic heterocycles. The smallest absolute Gasteiger partial charge is 0.168 e. The molecule has 0 bridgehead atoms. The van der Waals surface area contributed by atoms with Crippen molar-refractivity contribution in [2.24, 2.45) is 0 Å². The summed E-state index contributed by atoms with van der Waals surface area (Å²) in [5.41, 5.74) is 0. The van der Waals surface area contributed by atoms with Gasteiger partial charge in [0.2, 0.25) is 0 Å². The Morgan fingerprint density at radius 1 is 1.24 bits per heavy atom. The van der Waals surface area contributed by atoms with Crippen LogP contribution in [0.25, 0.3) is 0 Å². The van der Waals surface area contributed by atoms with E-state index in [4.69, 9.17) is 12.2 Å². The van der Waals surface area contributed by atoms with E-state index in [-0.39, 0.29) is 5.82 Å². The van der Waals surface area contributed by atoms with E-state index in [1.165, 1.54) is 12.1 Å². The van der Waals surface area contributed by atoms with E-state index in [1.807, 2.05) is 19.2 Å². The van der Waals surface area contributed by atoms with Crippen LogP contribution < -0.4 is 5.32 Å². The van der Waals surface area contributed by atoms with Gasteiger partial charge < -0.3 is 10.2 Å². The topological polar surface area (TPSA) is 18.5 Å². The van der Waals surface area contributed by atoms with Gasteiger partial charge in [-0.25, -0.2) is 4.39 Å². The molecular weight excluding hydrogens is 305 g/mol. The molecule has 0 atom stereocenters. The van der Waals surface area contributed by atoms with Crippen LogP contribution in [0.5, 0.6) is 0 Å². The van der Waals surface area contributed by atoms with Gasteiger partial charge in [0, 0.05) is 38.1 Å². The van der Waals surface area contributed by atoms with Crippen molar-refractivity contribution in [3.8, 4) is 0 Å². The molecule has 0 spiro atoms. The Balaban J connectivity index is 1.60. The van der Waals surface area contributed by atoms with Gasteiger partial charge in [-0.05, 0) is 55.2 Å². The van der Waals surface area contributed by atoms with Gasteiger partial charge >= 0.3 is 0 Å². The molecule has 0 unspecified atom stereocenters. The van der Waals surface area contributed by atoms with Gasteiger partial charge in [-0.3, -0.25) is 4.90 Å². The molecule has 0 radical (unpaired) electrons. The maximum Gasteiger partial charge on any atom is 0.168 e. The average Bonchev–Trinajstić information content (AvgIpc) is 2.53. The van der Waals surface area contributed by atoms with Crippen LogP contribution in [0, 0.1) is 5.82 Å². The van der Waals surface area contributed by atoms with Crippen molar-refractivity contribution < 1.29 is 4.39 Å². The molecule has 3 nitrogen and oxygen atoms in total. The standard InChI is InChI=1S/C15H22FN3S2/c1-17-15(20)19-10-8-18(9-11-19)7-2-12-21-14-5-3-13(16)4-6-14/h3-6H,2,7-12H2,1H3,(H,17,20). The van der Waals surface area contributed by atoms with Gasteiger partial charge in [-0.15, -0.1) is 11.8 Å². The van der Waals surface area contributed by atoms with Gasteiger partial charge in [0.15, 0.2) is 5.11 Å². The average molecular weight is 327 g/mol. The first-order valence-corrected chi connectivity index (χ1v) is 8.66. The number of benzene rings is 1. The maximum atomic E-state index is 12.8. The monoisotopic (exact) mass is 327 g/mol. The third-order valence-electron chi connectivity index (χ3n) is 3.57. The lowest BCUT2D eigenvalue weighted by Gasteiger charge is -2.35. The van der Waals surface area contributed by atoms with Crippen LogP contribution in [0.15, 0.2) is 29.2 Å². The van der Waals surface area contributed by atoms with Crippen LogP contribution in [-0.4, -0.2) is 60.4 Å². The number of hydrogen-bond acceptors (Lipinski definition) is 3. The molecule has 0 aliphatic carbocycles. The van der Waals surface area contributed by atoms with Gasteiger partial charge in [-0.2, -0.15) is 0 Å². The molecule has 1 aromatic carbocycles. The molecule has 1 saturated heterocycles. The summed E-state index contributed by atoms with van der Waals surface area (Å²) >= 11 is 7.04. The second-order valence-electron chi connectivity index (χ2n) is 5.04. The molecule has 0 amide bonds. The van der Waals surface area contributed by atoms with Crippen molar-refractivity contribution in [2.45, 2.75) is 11.3 Å². The SMILES string of the molecule is CNC(=S)N1CCN(CCCSc2ccc(F)cc2)CC1. The van der Waals surface area contributed by atoms with Crippen LogP contribution in [0.4, 0.5) is 4.39 Å². The Kier molecular flexibility index (Phi) is 6.73. The summed E-state index contributed by atoms with van der Waals surface area (Å²) in [5.74, 6) is 0.900. The summed E-state index contributed by atoms with van der Waals surface area (Å²) in [6.07, 6.45) is 1.15. The number of nitrogens with one attached hydrogen (secondary N) is 1. The quantitative estimate of drug-likeness (QED) is 0.507. The van der Waals surface area contributed by atoms with Gasteiger partial charge in [0.05, 0.1) is 0 Å². The van der Waals surface area contributed by atoms with Gasteiger partial charge in [-0.1, -0.05) is 0 Å². The molecule has 2 rings (SSSR count). The normalized spacial score (nSPS) is 16.0. The van der Waals surface area contributed by atoms with Gasteiger partial charge in [0.25, 0.3) is 0 Å². The summed E-state index contributed by atoms with van der Waals surface area (Å²) in [6.45, 7) is 5.27. The summed E-state index contributed by atoms with van der Waals surface area (Å²) in [5, 5.41) is 3.88. The predicted octanol–water partition coefficient (Wildman–Crippen LogP) is 2.43. The number of rotatable bonds is 5. The first kappa shape index (κ1) is 16.5. The summed E-state index contributed by atoms with van der Waals surface area (Å²) < 4.78 is 12.8. The third kappa shape index (κ3) is 5.45. The molecular formula is C15H22FN3S2. The van der Waals surface area contributed by atoms with E-state index in [0.717, 1.165) is 54.9 Å². The molecule has 1 aliphatic rings. The maximum absolute atomic E-state index is 12.8. The number of halogens is 1. The highest BCUT2D eigenvalue weighted by molar-refractivity contribution is 7.99. The second-order valence-corrected chi connectivity index (χ2v) is 6.59. The van der Waals surface area contributed by atoms with E-state index >= 15 is 0 Å². The highest BCUT2D eigenvalue weighted by Crippen LogP contribution is 2.19. The fourth-order valence-corrected chi connectivity index (χ4v) is 3.36. The first-order chi connectivity index (χ1) is 10.2. The van der Waals surface area contributed by atoms with Crippen LogP contribution in [0.1, 0.15) is 6.42 Å². The lowest BCUT2D eigenvalue weighted by molar-refractivity contribution is 0.182. The van der Waals surface area contributed by atoms with Crippen molar-refractivity contribution in [1.82, 2.24) is 15.1 Å². The Hall–Kier alpha value is -0.850. The van der Waals surface area contributed by atoms with Crippen molar-refractivity contribution in [2.75, 3.05) is 45.5 Å². The number of nitrogens with zero attached hydrogens (tertiary/aromatic N) is 2. The minimum absolute atomic E-state index is 0.170. The summed E-state index contributed by atoms with van der Waals surface area (Å²) in [7, 11) is 1.88. The summed E-state index contributed by atoms with van der Waals surface area (Å²) in [4.78, 5) is 5.85. The Bertz CT molecular complexity index is 445. The minimum Gasteiger partial charge on any atom is -0.366 e. The number of piperazine rings is 1. The fraction of sp³-hybridized carbons (Fsp3) is 0.533. The van der Waals surface area contributed by atoms with E-state index in [2.05, 4.69) is 15.1 Å². The molecule has 1 N–H and O–H groups in total. The zero-order chi connectivity index (χ0) is 15.1. The Morgan fingerprint density at radius 2 is 1.90 bits per heavy atom. The highest BCUT2D eigenvalue weighted by Gasteiger charge is 2.17. The van der Waals surface area contributed by atoms with E-state index in [9.17, 15) is 4.39 Å². The summed E-state index contributed by atoms with van der Waals surface area (Å²) in [6, 6.07) is 6.73. The molecule has 1 heterocycles. The van der Waals surface area contributed by atoms with E-state index in [0.29, 0.717) is 0 Å². The predicted molar refractivity (Wildman–Crippen MR) is 91.4 cm³/mol. The molecule has 6 heteroatoms. The Labute approximate surface area is 135 Å². The van der Waals surface area contributed by atoms with Crippen LogP contribution in [-0.2, 0) is 0 Å². The zero-order valence-electron chi connectivity index (χ0n) is 12.3. The first-order valence-electron chi connectivity index (χ1n) is 7.26. The molecule has 1 aromatic rings. The van der Waals surface area contributed by atoms with Gasteiger partial charge in [0.1, 0.15) is 5.82 Å².